The van der Waals surface area contributed by atoms with Crippen LogP contribution in [0.1, 0.15) is 12.5 Å². The summed E-state index contributed by atoms with van der Waals surface area (Å²) in [5.74, 6) is 0. The summed E-state index contributed by atoms with van der Waals surface area (Å²) < 4.78 is 4.79. The standard InChI is InChI=1S/C14H18ClN3O3/c1-2-21-14(20)18(10-8-16)13(19)17-9-7-11-5-3-4-6-12(11)15/h3-7,9H,2,8,10,16H2,1H3,(H,17,19)/b9-7+. The van der Waals surface area contributed by atoms with Crippen LogP contribution in [0.2, 0.25) is 5.02 Å². The molecule has 0 saturated heterocycles. The molecule has 1 rings (SSSR count). The number of hydrogen-bond donors (Lipinski definition) is 2. The number of carbonyl (C=O) groups is 2. The van der Waals surface area contributed by atoms with E-state index in [1.165, 1.54) is 6.20 Å². The van der Waals surface area contributed by atoms with Gasteiger partial charge in [-0.1, -0.05) is 29.8 Å². The van der Waals surface area contributed by atoms with Crippen LogP contribution in [0, 0.1) is 0 Å². The van der Waals surface area contributed by atoms with Gasteiger partial charge in [-0.05, 0) is 24.6 Å². The van der Waals surface area contributed by atoms with E-state index in [2.05, 4.69) is 5.32 Å². The first-order chi connectivity index (χ1) is 10.1. The normalized spacial score (nSPS) is 10.4. The van der Waals surface area contributed by atoms with Gasteiger partial charge in [-0.2, -0.15) is 0 Å². The van der Waals surface area contributed by atoms with Crippen molar-refractivity contribution in [3.63, 3.8) is 0 Å². The van der Waals surface area contributed by atoms with Crippen molar-refractivity contribution < 1.29 is 14.3 Å². The van der Waals surface area contributed by atoms with Crippen molar-refractivity contribution in [2.75, 3.05) is 19.7 Å². The fraction of sp³-hybridized carbons (Fsp3) is 0.286. The fourth-order valence-electron chi connectivity index (χ4n) is 1.50. The SMILES string of the molecule is CCOC(=O)N(CCN)C(=O)N/C=C/c1ccccc1Cl. The third kappa shape index (κ3) is 5.45. The first-order valence-electron chi connectivity index (χ1n) is 6.46. The molecule has 0 heterocycles. The van der Waals surface area contributed by atoms with Gasteiger partial charge in [0, 0.05) is 24.3 Å². The minimum atomic E-state index is -0.730. The van der Waals surface area contributed by atoms with Gasteiger partial charge in [0.1, 0.15) is 0 Å². The predicted molar refractivity (Wildman–Crippen MR) is 81.8 cm³/mol. The lowest BCUT2D eigenvalue weighted by Crippen LogP contribution is -2.44. The summed E-state index contributed by atoms with van der Waals surface area (Å²) in [5, 5.41) is 3.04. The number of urea groups is 1. The molecule has 0 aromatic heterocycles. The highest BCUT2D eigenvalue weighted by molar-refractivity contribution is 6.32. The summed E-state index contributed by atoms with van der Waals surface area (Å²) in [5.41, 5.74) is 6.13. The van der Waals surface area contributed by atoms with E-state index >= 15 is 0 Å². The largest absolute Gasteiger partial charge is 0.449 e. The van der Waals surface area contributed by atoms with Crippen LogP contribution in [0.5, 0.6) is 0 Å². The molecule has 0 fully saturated rings. The van der Waals surface area contributed by atoms with Gasteiger partial charge in [-0.25, -0.2) is 14.5 Å². The monoisotopic (exact) mass is 311 g/mol. The van der Waals surface area contributed by atoms with E-state index in [9.17, 15) is 9.59 Å². The molecule has 6 nitrogen and oxygen atoms in total. The molecule has 0 radical (unpaired) electrons. The topological polar surface area (TPSA) is 84.7 Å². The molecule has 0 unspecified atom stereocenters. The smallest absolute Gasteiger partial charge is 0.418 e. The number of carbonyl (C=O) groups excluding carboxylic acids is 2. The van der Waals surface area contributed by atoms with Crippen LogP contribution in [0.25, 0.3) is 6.08 Å². The quantitative estimate of drug-likeness (QED) is 0.874. The predicted octanol–water partition coefficient (Wildman–Crippen LogP) is 2.44. The number of benzene rings is 1. The third-order valence-electron chi connectivity index (χ3n) is 2.46. The van der Waals surface area contributed by atoms with Crippen LogP contribution < -0.4 is 11.1 Å². The summed E-state index contributed by atoms with van der Waals surface area (Å²) in [4.78, 5) is 24.4. The Hall–Kier alpha value is -2.05. The van der Waals surface area contributed by atoms with E-state index in [0.717, 1.165) is 10.5 Å². The Balaban J connectivity index is 2.65. The van der Waals surface area contributed by atoms with Gasteiger partial charge in [0.25, 0.3) is 0 Å². The van der Waals surface area contributed by atoms with Gasteiger partial charge >= 0.3 is 12.1 Å². The minimum Gasteiger partial charge on any atom is -0.449 e. The zero-order valence-corrected chi connectivity index (χ0v) is 12.5. The molecule has 1 aromatic rings. The van der Waals surface area contributed by atoms with Gasteiger partial charge in [0.2, 0.25) is 0 Å². The van der Waals surface area contributed by atoms with Gasteiger partial charge in [-0.3, -0.25) is 0 Å². The molecule has 0 spiro atoms. The van der Waals surface area contributed by atoms with E-state index in [1.54, 1.807) is 25.1 Å². The van der Waals surface area contributed by atoms with Gasteiger partial charge < -0.3 is 15.8 Å². The Kier molecular flexibility index (Phi) is 7.28. The van der Waals surface area contributed by atoms with Crippen LogP contribution >= 0.6 is 11.6 Å². The molecule has 21 heavy (non-hydrogen) atoms. The first-order valence-corrected chi connectivity index (χ1v) is 6.83. The average Bonchev–Trinajstić information content (AvgIpc) is 2.46. The van der Waals surface area contributed by atoms with E-state index < -0.39 is 12.1 Å². The number of amides is 3. The molecule has 3 N–H and O–H groups in total. The molecule has 0 aliphatic rings. The van der Waals surface area contributed by atoms with Crippen molar-refractivity contribution in [2.45, 2.75) is 6.92 Å². The number of nitrogens with two attached hydrogens (primary N) is 1. The highest BCUT2D eigenvalue weighted by Gasteiger charge is 2.20. The van der Waals surface area contributed by atoms with Crippen molar-refractivity contribution in [1.29, 1.82) is 0 Å². The highest BCUT2D eigenvalue weighted by atomic mass is 35.5. The molecular weight excluding hydrogens is 294 g/mol. The maximum Gasteiger partial charge on any atom is 0.418 e. The second kappa shape index (κ2) is 8.99. The Morgan fingerprint density at radius 2 is 2.14 bits per heavy atom. The molecule has 0 aliphatic carbocycles. The molecule has 0 saturated carbocycles. The number of rotatable bonds is 5. The molecule has 0 atom stereocenters. The lowest BCUT2D eigenvalue weighted by molar-refractivity contribution is 0.116. The summed E-state index contributed by atoms with van der Waals surface area (Å²) >= 11 is 5.98. The zero-order chi connectivity index (χ0) is 15.7. The van der Waals surface area contributed by atoms with Crippen molar-refractivity contribution in [1.82, 2.24) is 10.2 Å². The number of ether oxygens (including phenoxy) is 1. The van der Waals surface area contributed by atoms with Gasteiger partial charge in [0.05, 0.1) is 6.61 Å². The van der Waals surface area contributed by atoms with Gasteiger partial charge in [0.15, 0.2) is 0 Å². The lowest BCUT2D eigenvalue weighted by atomic mass is 10.2. The van der Waals surface area contributed by atoms with Crippen LogP contribution in [-0.2, 0) is 4.74 Å². The Bertz CT molecular complexity index is 520. The molecule has 0 bridgehead atoms. The maximum atomic E-state index is 11.9. The highest BCUT2D eigenvalue weighted by Crippen LogP contribution is 2.15. The van der Waals surface area contributed by atoms with Crippen LogP contribution in [0.3, 0.4) is 0 Å². The molecular formula is C14H18ClN3O3. The van der Waals surface area contributed by atoms with E-state index in [0.29, 0.717) is 5.02 Å². The Morgan fingerprint density at radius 3 is 2.76 bits per heavy atom. The molecule has 114 valence electrons. The number of hydrogen-bond acceptors (Lipinski definition) is 4. The molecule has 1 aromatic carbocycles. The summed E-state index contributed by atoms with van der Waals surface area (Å²) in [6.45, 7) is 2.07. The first kappa shape index (κ1) is 17.0. The van der Waals surface area contributed by atoms with Crippen LogP contribution in [-0.4, -0.2) is 36.7 Å². The van der Waals surface area contributed by atoms with Crippen molar-refractivity contribution in [3.8, 4) is 0 Å². The van der Waals surface area contributed by atoms with Crippen LogP contribution in [0.15, 0.2) is 30.5 Å². The lowest BCUT2D eigenvalue weighted by Gasteiger charge is -2.18. The fourth-order valence-corrected chi connectivity index (χ4v) is 1.70. The minimum absolute atomic E-state index is 0.0740. The van der Waals surface area contributed by atoms with E-state index in [-0.39, 0.29) is 19.7 Å². The number of nitrogens with zero attached hydrogens (tertiary/aromatic N) is 1. The second-order valence-electron chi connectivity index (χ2n) is 3.94. The Labute approximate surface area is 128 Å². The summed E-state index contributed by atoms with van der Waals surface area (Å²) in [6.07, 6.45) is 2.31. The number of imide groups is 1. The van der Waals surface area contributed by atoms with E-state index in [4.69, 9.17) is 22.1 Å². The summed E-state index contributed by atoms with van der Waals surface area (Å²) in [7, 11) is 0. The molecule has 3 amide bonds. The zero-order valence-electron chi connectivity index (χ0n) is 11.7. The maximum absolute atomic E-state index is 11.9. The average molecular weight is 312 g/mol. The van der Waals surface area contributed by atoms with Crippen molar-refractivity contribution in [2.24, 2.45) is 5.73 Å². The third-order valence-corrected chi connectivity index (χ3v) is 2.81. The second-order valence-corrected chi connectivity index (χ2v) is 4.35. The van der Waals surface area contributed by atoms with Crippen molar-refractivity contribution in [3.05, 3.63) is 41.1 Å². The van der Waals surface area contributed by atoms with Crippen molar-refractivity contribution >= 4 is 29.8 Å². The summed E-state index contributed by atoms with van der Waals surface area (Å²) in [6, 6.07) is 6.56. The van der Waals surface area contributed by atoms with Crippen LogP contribution in [0.4, 0.5) is 9.59 Å². The number of halogens is 1. The Morgan fingerprint density at radius 1 is 1.43 bits per heavy atom. The molecule has 0 aliphatic heterocycles. The van der Waals surface area contributed by atoms with Gasteiger partial charge in [-0.15, -0.1) is 0 Å². The molecule has 7 heteroatoms. The van der Waals surface area contributed by atoms with E-state index in [1.807, 2.05) is 12.1 Å². The number of nitrogens with one attached hydrogen (secondary N) is 1.